The summed E-state index contributed by atoms with van der Waals surface area (Å²) in [5.41, 5.74) is 1.25. The Morgan fingerprint density at radius 3 is 2.21 bits per heavy atom. The molecule has 0 aliphatic heterocycles. The average Bonchev–Trinajstić information content (AvgIpc) is 2.56. The molecule has 1 saturated carbocycles. The molecule has 0 atom stereocenters. The van der Waals surface area contributed by atoms with Gasteiger partial charge >= 0.3 is 0 Å². The first-order valence-corrected chi connectivity index (χ1v) is 8.23. The van der Waals surface area contributed by atoms with E-state index in [4.69, 9.17) is 0 Å². The fourth-order valence-electron chi connectivity index (χ4n) is 3.38. The van der Waals surface area contributed by atoms with Gasteiger partial charge in [0, 0.05) is 11.1 Å². The van der Waals surface area contributed by atoms with Crippen molar-refractivity contribution >= 4 is 12.2 Å². The number of aromatic hydroxyl groups is 2. The number of benzene rings is 2. The van der Waals surface area contributed by atoms with E-state index < -0.39 is 11.6 Å². The second kappa shape index (κ2) is 7.04. The van der Waals surface area contributed by atoms with Crippen molar-refractivity contribution in [3.8, 4) is 11.5 Å². The predicted molar refractivity (Wildman–Crippen MR) is 90.9 cm³/mol. The molecule has 0 heterocycles. The van der Waals surface area contributed by atoms with Gasteiger partial charge in [0.1, 0.15) is 23.1 Å². The van der Waals surface area contributed by atoms with Crippen LogP contribution in [-0.2, 0) is 0 Å². The first-order valence-electron chi connectivity index (χ1n) is 8.23. The van der Waals surface area contributed by atoms with Crippen LogP contribution >= 0.6 is 0 Å². The lowest BCUT2D eigenvalue weighted by molar-refractivity contribution is 0.389. The van der Waals surface area contributed by atoms with Crippen LogP contribution in [0.3, 0.4) is 0 Å². The van der Waals surface area contributed by atoms with Crippen molar-refractivity contribution in [3.63, 3.8) is 0 Å². The van der Waals surface area contributed by atoms with Crippen molar-refractivity contribution in [2.24, 2.45) is 0 Å². The highest BCUT2D eigenvalue weighted by atomic mass is 19.1. The van der Waals surface area contributed by atoms with Crippen LogP contribution < -0.4 is 0 Å². The van der Waals surface area contributed by atoms with Gasteiger partial charge in [-0.15, -0.1) is 0 Å². The molecule has 1 fully saturated rings. The third-order valence-corrected chi connectivity index (χ3v) is 4.59. The molecule has 3 rings (SSSR count). The minimum Gasteiger partial charge on any atom is -0.507 e. The highest BCUT2D eigenvalue weighted by molar-refractivity contribution is 5.72. The molecule has 0 saturated heterocycles. The first kappa shape index (κ1) is 16.5. The summed E-state index contributed by atoms with van der Waals surface area (Å²) in [6, 6.07) is 6.33. The Kier molecular flexibility index (Phi) is 4.84. The quantitative estimate of drug-likeness (QED) is 0.720. The van der Waals surface area contributed by atoms with E-state index in [1.165, 1.54) is 12.5 Å². The zero-order valence-electron chi connectivity index (χ0n) is 13.3. The molecule has 2 nitrogen and oxygen atoms in total. The Labute approximate surface area is 140 Å². The van der Waals surface area contributed by atoms with Gasteiger partial charge in [0.25, 0.3) is 0 Å². The van der Waals surface area contributed by atoms with Crippen LogP contribution in [0.5, 0.6) is 11.5 Å². The van der Waals surface area contributed by atoms with E-state index >= 15 is 0 Å². The maximum absolute atomic E-state index is 13.6. The third kappa shape index (κ3) is 3.58. The van der Waals surface area contributed by atoms with Crippen molar-refractivity contribution < 1.29 is 19.0 Å². The molecule has 0 spiro atoms. The fourth-order valence-corrected chi connectivity index (χ4v) is 3.38. The summed E-state index contributed by atoms with van der Waals surface area (Å²) in [5.74, 6) is -0.755. The Bertz CT molecular complexity index is 739. The SMILES string of the molecule is Oc1cc(C=Cc2cc(F)ccc2F)cc(O)c1C1CCCCC1. The fraction of sp³-hybridized carbons (Fsp3) is 0.300. The Morgan fingerprint density at radius 1 is 0.875 bits per heavy atom. The van der Waals surface area contributed by atoms with E-state index in [0.717, 1.165) is 43.9 Å². The molecular weight excluding hydrogens is 310 g/mol. The maximum Gasteiger partial charge on any atom is 0.130 e. The van der Waals surface area contributed by atoms with E-state index in [-0.39, 0.29) is 23.0 Å². The number of rotatable bonds is 3. The summed E-state index contributed by atoms with van der Waals surface area (Å²) in [4.78, 5) is 0. The van der Waals surface area contributed by atoms with E-state index in [0.29, 0.717) is 11.1 Å². The van der Waals surface area contributed by atoms with Crippen molar-refractivity contribution in [1.29, 1.82) is 0 Å². The van der Waals surface area contributed by atoms with Gasteiger partial charge in [-0.2, -0.15) is 0 Å². The molecule has 0 amide bonds. The van der Waals surface area contributed by atoms with Gasteiger partial charge < -0.3 is 10.2 Å². The number of halogens is 2. The van der Waals surface area contributed by atoms with Crippen molar-refractivity contribution in [3.05, 3.63) is 58.7 Å². The molecule has 1 aliphatic carbocycles. The zero-order chi connectivity index (χ0) is 17.1. The normalized spacial score (nSPS) is 15.9. The molecule has 4 heteroatoms. The second-order valence-corrected chi connectivity index (χ2v) is 6.31. The van der Waals surface area contributed by atoms with Gasteiger partial charge in [-0.3, -0.25) is 0 Å². The number of hydrogen-bond donors (Lipinski definition) is 2. The summed E-state index contributed by atoms with van der Waals surface area (Å²) in [5, 5.41) is 20.6. The number of phenolic OH excluding ortho intramolecular Hbond substituents is 2. The van der Waals surface area contributed by atoms with Gasteiger partial charge in [0.05, 0.1) is 0 Å². The monoisotopic (exact) mass is 330 g/mol. The maximum atomic E-state index is 13.6. The minimum atomic E-state index is -0.528. The van der Waals surface area contributed by atoms with Crippen LogP contribution in [0.4, 0.5) is 8.78 Å². The second-order valence-electron chi connectivity index (χ2n) is 6.31. The molecule has 2 aromatic rings. The summed E-state index contributed by atoms with van der Waals surface area (Å²) in [6.45, 7) is 0. The highest BCUT2D eigenvalue weighted by Gasteiger charge is 2.22. The van der Waals surface area contributed by atoms with Crippen LogP contribution in [0.1, 0.15) is 54.7 Å². The molecule has 2 aromatic carbocycles. The lowest BCUT2D eigenvalue weighted by Gasteiger charge is -2.23. The summed E-state index contributed by atoms with van der Waals surface area (Å²) < 4.78 is 26.8. The van der Waals surface area contributed by atoms with E-state index in [9.17, 15) is 19.0 Å². The number of phenols is 2. The van der Waals surface area contributed by atoms with Crippen LogP contribution in [-0.4, -0.2) is 10.2 Å². The smallest absolute Gasteiger partial charge is 0.130 e. The Morgan fingerprint density at radius 2 is 1.54 bits per heavy atom. The molecule has 0 radical (unpaired) electrons. The third-order valence-electron chi connectivity index (χ3n) is 4.59. The van der Waals surface area contributed by atoms with Crippen LogP contribution in [0.15, 0.2) is 30.3 Å². The molecule has 126 valence electrons. The van der Waals surface area contributed by atoms with Gasteiger partial charge in [0.15, 0.2) is 0 Å². The largest absolute Gasteiger partial charge is 0.507 e. The van der Waals surface area contributed by atoms with E-state index in [2.05, 4.69) is 0 Å². The van der Waals surface area contributed by atoms with Gasteiger partial charge in [-0.1, -0.05) is 31.4 Å². The summed E-state index contributed by atoms with van der Waals surface area (Å²) in [6.07, 6.45) is 8.29. The van der Waals surface area contributed by atoms with Gasteiger partial charge in [0.2, 0.25) is 0 Å². The molecule has 1 aliphatic rings. The molecular formula is C20H20F2O2. The molecule has 0 aromatic heterocycles. The lowest BCUT2D eigenvalue weighted by atomic mass is 9.83. The average molecular weight is 330 g/mol. The van der Waals surface area contributed by atoms with Crippen LogP contribution in [0, 0.1) is 11.6 Å². The Hall–Kier alpha value is -2.36. The molecule has 24 heavy (non-hydrogen) atoms. The molecule has 2 N–H and O–H groups in total. The lowest BCUT2D eigenvalue weighted by Crippen LogP contribution is -2.05. The minimum absolute atomic E-state index is 0.0567. The Balaban J connectivity index is 1.87. The predicted octanol–water partition coefficient (Wildman–Crippen LogP) is 5.59. The van der Waals surface area contributed by atoms with Crippen LogP contribution in [0.2, 0.25) is 0 Å². The number of hydrogen-bond acceptors (Lipinski definition) is 2. The topological polar surface area (TPSA) is 40.5 Å². The standard InChI is InChI=1S/C20H20F2O2/c21-16-8-9-17(22)15(12-16)7-6-13-10-18(23)20(19(24)11-13)14-4-2-1-3-5-14/h6-12,14,23-24H,1-5H2. The summed E-state index contributed by atoms with van der Waals surface area (Å²) >= 11 is 0. The summed E-state index contributed by atoms with van der Waals surface area (Å²) in [7, 11) is 0. The van der Waals surface area contributed by atoms with Gasteiger partial charge in [-0.25, -0.2) is 8.78 Å². The van der Waals surface area contributed by atoms with Crippen molar-refractivity contribution in [2.75, 3.05) is 0 Å². The molecule has 0 unspecified atom stereocenters. The van der Waals surface area contributed by atoms with E-state index in [1.54, 1.807) is 18.2 Å². The first-order chi connectivity index (χ1) is 11.5. The zero-order valence-corrected chi connectivity index (χ0v) is 13.3. The van der Waals surface area contributed by atoms with Crippen LogP contribution in [0.25, 0.3) is 12.2 Å². The molecule has 0 bridgehead atoms. The van der Waals surface area contributed by atoms with Crippen molar-refractivity contribution in [1.82, 2.24) is 0 Å². The van der Waals surface area contributed by atoms with E-state index in [1.807, 2.05) is 0 Å². The van der Waals surface area contributed by atoms with Crippen molar-refractivity contribution in [2.45, 2.75) is 38.0 Å². The van der Waals surface area contributed by atoms with Gasteiger partial charge in [-0.05, 0) is 54.7 Å². The highest BCUT2D eigenvalue weighted by Crippen LogP contribution is 2.42.